The zero-order valence-electron chi connectivity index (χ0n) is 21.8. The summed E-state index contributed by atoms with van der Waals surface area (Å²) in [7, 11) is -2.42. The molecule has 4 rings (SSSR count). The molecule has 1 amide bonds. The number of carbonyl (C=O) groups is 1. The number of carbonyl (C=O) groups excluding carboxylic acids is 1. The number of rotatable bonds is 7. The lowest BCUT2D eigenvalue weighted by molar-refractivity contribution is -0.387. The minimum atomic E-state index is -4.06. The lowest BCUT2D eigenvalue weighted by Gasteiger charge is -2.32. The Morgan fingerprint density at radius 2 is 1.74 bits per heavy atom. The van der Waals surface area contributed by atoms with Crippen molar-refractivity contribution in [2.75, 3.05) is 20.1 Å². The normalized spacial score (nSPS) is 15.4. The highest BCUT2D eigenvalue weighted by Gasteiger charge is 2.36. The molecule has 1 aliphatic rings. The van der Waals surface area contributed by atoms with Crippen LogP contribution in [-0.2, 0) is 26.8 Å². The first kappa shape index (κ1) is 27.4. The average molecular weight is 542 g/mol. The van der Waals surface area contributed by atoms with Crippen LogP contribution in [-0.4, -0.2) is 58.8 Å². The van der Waals surface area contributed by atoms with E-state index in [1.807, 2.05) is 24.3 Å². The van der Waals surface area contributed by atoms with Gasteiger partial charge in [-0.25, -0.2) is 8.42 Å². The van der Waals surface area contributed by atoms with Crippen molar-refractivity contribution in [1.82, 2.24) is 19.4 Å². The number of hydrogen-bond acceptors (Lipinski definition) is 8. The van der Waals surface area contributed by atoms with Gasteiger partial charge in [-0.05, 0) is 42.0 Å². The molecule has 0 saturated carbocycles. The monoisotopic (exact) mass is 541 g/mol. The van der Waals surface area contributed by atoms with E-state index in [4.69, 9.17) is 4.42 Å². The zero-order chi connectivity index (χ0) is 27.7. The predicted octanol–water partition coefficient (Wildman–Crippen LogP) is 4.00. The fourth-order valence-electron chi connectivity index (χ4n) is 4.45. The Balaban J connectivity index is 1.36. The summed E-state index contributed by atoms with van der Waals surface area (Å²) in [5.41, 5.74) is 1.54. The Kier molecular flexibility index (Phi) is 7.65. The zero-order valence-corrected chi connectivity index (χ0v) is 22.6. The summed E-state index contributed by atoms with van der Waals surface area (Å²) < 4.78 is 33.1. The number of nitro benzene ring substituents is 1. The van der Waals surface area contributed by atoms with Gasteiger partial charge in [0.2, 0.25) is 27.7 Å². The highest BCUT2D eigenvalue weighted by atomic mass is 32.2. The van der Waals surface area contributed by atoms with E-state index < -0.39 is 20.6 Å². The van der Waals surface area contributed by atoms with E-state index in [1.165, 1.54) is 39.0 Å². The maximum Gasteiger partial charge on any atom is 0.289 e. The van der Waals surface area contributed by atoms with Crippen LogP contribution in [0, 0.1) is 16.0 Å². The van der Waals surface area contributed by atoms with E-state index in [0.717, 1.165) is 5.56 Å². The second kappa shape index (κ2) is 10.6. The van der Waals surface area contributed by atoms with E-state index in [-0.39, 0.29) is 41.8 Å². The third-order valence-electron chi connectivity index (χ3n) is 6.70. The number of hydrogen-bond donors (Lipinski definition) is 0. The Bertz CT molecular complexity index is 1420. The maximum atomic E-state index is 13.1. The standard InChI is InChI=1S/C26H31N5O6S/c1-26(2,3)20-11-9-18(10-12-20)24-28-27-23(37-24)17-29(4)25(32)19-13-15-30(16-14-19)38(35,36)22-8-6-5-7-21(22)31(33)34/h5-12,19H,13-17H2,1-4H3. The quantitative estimate of drug-likeness (QED) is 0.323. The lowest BCUT2D eigenvalue weighted by atomic mass is 9.87. The van der Waals surface area contributed by atoms with Crippen molar-refractivity contribution in [2.45, 2.75) is 50.5 Å². The Labute approximate surface area is 221 Å². The Hall–Kier alpha value is -3.64. The molecular formula is C26H31N5O6S. The highest BCUT2D eigenvalue weighted by Crippen LogP contribution is 2.30. The highest BCUT2D eigenvalue weighted by molar-refractivity contribution is 7.89. The van der Waals surface area contributed by atoms with E-state index in [0.29, 0.717) is 24.6 Å². The van der Waals surface area contributed by atoms with Crippen LogP contribution in [0.5, 0.6) is 0 Å². The predicted molar refractivity (Wildman–Crippen MR) is 139 cm³/mol. The van der Waals surface area contributed by atoms with E-state index in [2.05, 4.69) is 31.0 Å². The first-order valence-electron chi connectivity index (χ1n) is 12.3. The van der Waals surface area contributed by atoms with Crippen molar-refractivity contribution in [2.24, 2.45) is 5.92 Å². The number of piperidine rings is 1. The van der Waals surface area contributed by atoms with Gasteiger partial charge in [0, 0.05) is 37.7 Å². The van der Waals surface area contributed by atoms with E-state index in [9.17, 15) is 23.3 Å². The van der Waals surface area contributed by atoms with Gasteiger partial charge in [-0.3, -0.25) is 14.9 Å². The van der Waals surface area contributed by atoms with Crippen molar-refractivity contribution in [3.63, 3.8) is 0 Å². The van der Waals surface area contributed by atoms with Gasteiger partial charge in [-0.1, -0.05) is 45.0 Å². The molecule has 0 spiro atoms. The summed E-state index contributed by atoms with van der Waals surface area (Å²) in [6, 6.07) is 13.2. The number of benzene rings is 2. The fraction of sp³-hybridized carbons (Fsp3) is 0.423. The molecule has 0 unspecified atom stereocenters. The summed E-state index contributed by atoms with van der Waals surface area (Å²) in [6.45, 7) is 6.72. The van der Waals surface area contributed by atoms with E-state index >= 15 is 0 Å². The number of nitro groups is 1. The van der Waals surface area contributed by atoms with Gasteiger partial charge in [0.15, 0.2) is 4.90 Å². The van der Waals surface area contributed by atoms with Crippen LogP contribution in [0.2, 0.25) is 0 Å². The smallest absolute Gasteiger partial charge is 0.289 e. The van der Waals surface area contributed by atoms with Crippen LogP contribution in [0.3, 0.4) is 0 Å². The van der Waals surface area contributed by atoms with Gasteiger partial charge in [0.25, 0.3) is 5.69 Å². The summed E-state index contributed by atoms with van der Waals surface area (Å²) in [5, 5.41) is 19.5. The van der Waals surface area contributed by atoms with E-state index in [1.54, 1.807) is 7.05 Å². The first-order chi connectivity index (χ1) is 17.9. The van der Waals surface area contributed by atoms with Gasteiger partial charge in [0.05, 0.1) is 11.5 Å². The topological polar surface area (TPSA) is 140 Å². The van der Waals surface area contributed by atoms with Crippen molar-refractivity contribution < 1.29 is 22.6 Å². The third-order valence-corrected chi connectivity index (χ3v) is 8.64. The molecule has 2 heterocycles. The molecule has 0 N–H and O–H groups in total. The minimum absolute atomic E-state index is 0.0292. The second-order valence-corrected chi connectivity index (χ2v) is 12.3. The molecule has 0 atom stereocenters. The van der Waals surface area contributed by atoms with Gasteiger partial charge >= 0.3 is 0 Å². The number of para-hydroxylation sites is 1. The van der Waals surface area contributed by atoms with Crippen LogP contribution in [0.4, 0.5) is 5.69 Å². The van der Waals surface area contributed by atoms with Gasteiger partial charge < -0.3 is 9.32 Å². The molecule has 1 fully saturated rings. The summed E-state index contributed by atoms with van der Waals surface area (Å²) in [6.07, 6.45) is 0.608. The number of aromatic nitrogens is 2. The van der Waals surface area contributed by atoms with Crippen LogP contribution < -0.4 is 0 Å². The summed E-state index contributed by atoms with van der Waals surface area (Å²) in [5.74, 6) is 0.133. The molecule has 0 radical (unpaired) electrons. The molecule has 2 aromatic carbocycles. The second-order valence-electron chi connectivity index (χ2n) is 10.4. The molecule has 0 bridgehead atoms. The van der Waals surface area contributed by atoms with Crippen molar-refractivity contribution >= 4 is 21.6 Å². The first-order valence-corrected chi connectivity index (χ1v) is 13.7. The summed E-state index contributed by atoms with van der Waals surface area (Å²) >= 11 is 0. The fourth-order valence-corrected chi connectivity index (χ4v) is 6.07. The third kappa shape index (κ3) is 5.76. The van der Waals surface area contributed by atoms with Gasteiger partial charge in [-0.15, -0.1) is 10.2 Å². The summed E-state index contributed by atoms with van der Waals surface area (Å²) in [4.78, 5) is 24.8. The molecule has 38 heavy (non-hydrogen) atoms. The van der Waals surface area contributed by atoms with Crippen molar-refractivity contribution in [3.05, 3.63) is 70.1 Å². The number of nitrogens with zero attached hydrogens (tertiary/aromatic N) is 5. The average Bonchev–Trinajstić information content (AvgIpc) is 3.36. The van der Waals surface area contributed by atoms with Gasteiger partial charge in [0.1, 0.15) is 0 Å². The van der Waals surface area contributed by atoms with Crippen LogP contribution in [0.15, 0.2) is 57.8 Å². The van der Waals surface area contributed by atoms with Crippen molar-refractivity contribution in [3.8, 4) is 11.5 Å². The van der Waals surface area contributed by atoms with Gasteiger partial charge in [-0.2, -0.15) is 4.31 Å². The Morgan fingerprint density at radius 1 is 1.11 bits per heavy atom. The Morgan fingerprint density at radius 3 is 2.34 bits per heavy atom. The van der Waals surface area contributed by atoms with Crippen LogP contribution in [0.1, 0.15) is 45.1 Å². The lowest BCUT2D eigenvalue weighted by Crippen LogP contribution is -2.43. The van der Waals surface area contributed by atoms with Crippen LogP contribution >= 0.6 is 0 Å². The largest absolute Gasteiger partial charge is 0.419 e. The number of sulfonamides is 1. The molecule has 1 aliphatic heterocycles. The molecule has 1 aromatic heterocycles. The maximum absolute atomic E-state index is 13.1. The molecule has 202 valence electrons. The molecular weight excluding hydrogens is 510 g/mol. The molecule has 1 saturated heterocycles. The van der Waals surface area contributed by atoms with Crippen LogP contribution in [0.25, 0.3) is 11.5 Å². The SMILES string of the molecule is CN(Cc1nnc(-c2ccc(C(C)(C)C)cc2)o1)C(=O)C1CCN(S(=O)(=O)c2ccccc2[N+](=O)[O-])CC1. The molecule has 11 nitrogen and oxygen atoms in total. The minimum Gasteiger partial charge on any atom is -0.419 e. The molecule has 0 aliphatic carbocycles. The molecule has 12 heteroatoms. The number of amides is 1. The molecule has 3 aromatic rings. The van der Waals surface area contributed by atoms with Crippen molar-refractivity contribution in [1.29, 1.82) is 0 Å².